The molecule has 3 rings (SSSR count). The molecule has 1 aromatic heterocycles. The quantitative estimate of drug-likeness (QED) is 0.527. The maximum Gasteiger partial charge on any atom is 0.326 e. The fraction of sp³-hybridized carbons (Fsp3) is 0.240. The number of benzene rings is 2. The number of rotatable bonds is 6. The number of hydrogen-bond donors (Lipinski definition) is 3. The number of anilines is 2. The van der Waals surface area contributed by atoms with Gasteiger partial charge in [-0.05, 0) is 55.2 Å². The number of carbonyl (C=O) groups is 2. The molecule has 33 heavy (non-hydrogen) atoms. The lowest BCUT2D eigenvalue weighted by Gasteiger charge is -2.25. The number of hydrogen-bond acceptors (Lipinski definition) is 4. The van der Waals surface area contributed by atoms with E-state index in [4.69, 9.17) is 5.11 Å². The van der Waals surface area contributed by atoms with Crippen molar-refractivity contribution in [2.24, 2.45) is 7.05 Å². The van der Waals surface area contributed by atoms with Gasteiger partial charge in [-0.3, -0.25) is 14.5 Å². The third-order valence-corrected chi connectivity index (χ3v) is 5.42. The number of pyridine rings is 1. The van der Waals surface area contributed by atoms with Crippen LogP contribution in [0.2, 0.25) is 0 Å². The zero-order chi connectivity index (χ0) is 24.3. The van der Waals surface area contributed by atoms with Crippen molar-refractivity contribution in [3.63, 3.8) is 0 Å². The van der Waals surface area contributed by atoms with Gasteiger partial charge in [-0.25, -0.2) is 4.79 Å². The van der Waals surface area contributed by atoms with Crippen LogP contribution in [0.5, 0.6) is 5.75 Å². The van der Waals surface area contributed by atoms with Gasteiger partial charge >= 0.3 is 12.0 Å². The van der Waals surface area contributed by atoms with E-state index in [0.29, 0.717) is 11.3 Å². The molecule has 172 valence electrons. The Kier molecular flexibility index (Phi) is 6.86. The first-order valence-electron chi connectivity index (χ1n) is 10.5. The highest BCUT2D eigenvalue weighted by Gasteiger charge is 2.26. The molecule has 0 atom stereocenters. The van der Waals surface area contributed by atoms with Crippen molar-refractivity contribution < 1.29 is 19.8 Å². The third kappa shape index (κ3) is 4.90. The molecule has 0 saturated carbocycles. The molecule has 0 radical (unpaired) electrons. The predicted octanol–water partition coefficient (Wildman–Crippen LogP) is 4.01. The summed E-state index contributed by atoms with van der Waals surface area (Å²) >= 11 is 0. The highest BCUT2D eigenvalue weighted by Crippen LogP contribution is 2.35. The van der Waals surface area contributed by atoms with Crippen LogP contribution in [0.15, 0.2) is 53.5 Å². The minimum absolute atomic E-state index is 0.131. The van der Waals surface area contributed by atoms with Crippen molar-refractivity contribution in [1.29, 1.82) is 0 Å². The normalized spacial score (nSPS) is 10.7. The first kappa shape index (κ1) is 23.6. The van der Waals surface area contributed by atoms with E-state index in [0.717, 1.165) is 27.2 Å². The zero-order valence-electron chi connectivity index (χ0n) is 19.0. The van der Waals surface area contributed by atoms with Crippen molar-refractivity contribution in [3.05, 3.63) is 75.7 Å². The van der Waals surface area contributed by atoms with Crippen LogP contribution in [0.3, 0.4) is 0 Å². The van der Waals surface area contributed by atoms with E-state index in [1.54, 1.807) is 25.1 Å². The number of aliphatic carboxylic acids is 1. The average Bonchev–Trinajstić information content (AvgIpc) is 2.75. The highest BCUT2D eigenvalue weighted by atomic mass is 16.4. The Morgan fingerprint density at radius 1 is 1.03 bits per heavy atom. The lowest BCUT2D eigenvalue weighted by atomic mass is 9.95. The molecule has 2 amide bonds. The molecule has 8 heteroatoms. The van der Waals surface area contributed by atoms with E-state index < -0.39 is 17.6 Å². The molecule has 3 N–H and O–H groups in total. The van der Waals surface area contributed by atoms with Crippen LogP contribution < -0.4 is 15.8 Å². The van der Waals surface area contributed by atoms with E-state index in [1.807, 2.05) is 38.1 Å². The topological polar surface area (TPSA) is 112 Å². The van der Waals surface area contributed by atoms with Crippen LogP contribution in [-0.2, 0) is 11.8 Å². The number of carboxylic acid groups (broad SMARTS) is 1. The van der Waals surface area contributed by atoms with Gasteiger partial charge in [0.05, 0.1) is 12.1 Å². The van der Waals surface area contributed by atoms with E-state index in [1.165, 1.54) is 17.8 Å². The molecule has 0 fully saturated rings. The second-order valence-electron chi connectivity index (χ2n) is 7.95. The van der Waals surface area contributed by atoms with Crippen molar-refractivity contribution >= 4 is 23.4 Å². The van der Waals surface area contributed by atoms with Gasteiger partial charge in [-0.15, -0.1) is 0 Å². The molecule has 0 unspecified atom stereocenters. The smallest absolute Gasteiger partial charge is 0.326 e. The standard InChI is InChI=1S/C25H27N3O5/c1-15-7-5-8-16(2)21(15)18-9-6-10-19(13-18)28(25(33)26-12-11-20(29)30)22-23(31)17(3)14-27(4)24(22)32/h5-10,13-14,31H,11-12H2,1-4H3,(H,26,33)(H,29,30). The lowest BCUT2D eigenvalue weighted by Crippen LogP contribution is -2.41. The molecule has 1 heterocycles. The number of aryl methyl sites for hydroxylation is 4. The Morgan fingerprint density at radius 3 is 2.30 bits per heavy atom. The molecule has 3 aromatic rings. The fourth-order valence-corrected chi connectivity index (χ4v) is 3.84. The SMILES string of the molecule is Cc1cn(C)c(=O)c(N(C(=O)NCCC(=O)O)c2cccc(-c3c(C)cccc3C)c2)c1O. The molecular formula is C25H27N3O5. The van der Waals surface area contributed by atoms with Gasteiger partial charge in [0.1, 0.15) is 5.75 Å². The highest BCUT2D eigenvalue weighted by molar-refractivity contribution is 6.01. The van der Waals surface area contributed by atoms with Gasteiger partial charge < -0.3 is 20.1 Å². The first-order chi connectivity index (χ1) is 15.6. The molecule has 0 bridgehead atoms. The first-order valence-corrected chi connectivity index (χ1v) is 10.5. The van der Waals surface area contributed by atoms with E-state index in [9.17, 15) is 19.5 Å². The maximum absolute atomic E-state index is 13.2. The Balaban J connectivity index is 2.19. The number of amides is 2. The van der Waals surface area contributed by atoms with Crippen LogP contribution in [-0.4, -0.2) is 33.3 Å². The Bertz CT molecular complexity index is 1260. The molecule has 2 aromatic carbocycles. The summed E-state index contributed by atoms with van der Waals surface area (Å²) in [5, 5.41) is 22.2. The summed E-state index contributed by atoms with van der Waals surface area (Å²) in [5.74, 6) is -1.38. The van der Waals surface area contributed by atoms with E-state index in [2.05, 4.69) is 5.32 Å². The van der Waals surface area contributed by atoms with Crippen molar-refractivity contribution in [2.45, 2.75) is 27.2 Å². The second-order valence-corrected chi connectivity index (χ2v) is 7.95. The maximum atomic E-state index is 13.2. The molecule has 8 nitrogen and oxygen atoms in total. The molecule has 0 saturated heterocycles. The molecule has 0 spiro atoms. The molecule has 0 aliphatic carbocycles. The van der Waals surface area contributed by atoms with Crippen LogP contribution >= 0.6 is 0 Å². The largest absolute Gasteiger partial charge is 0.505 e. The minimum atomic E-state index is -1.06. The Morgan fingerprint density at radius 2 is 1.67 bits per heavy atom. The van der Waals surface area contributed by atoms with Gasteiger partial charge in [0.15, 0.2) is 5.69 Å². The number of nitrogens with one attached hydrogen (secondary N) is 1. The van der Waals surface area contributed by atoms with Crippen LogP contribution in [0, 0.1) is 20.8 Å². The summed E-state index contributed by atoms with van der Waals surface area (Å²) in [7, 11) is 1.53. The average molecular weight is 450 g/mol. The van der Waals surface area contributed by atoms with Crippen molar-refractivity contribution in [3.8, 4) is 16.9 Å². The van der Waals surface area contributed by atoms with Gasteiger partial charge in [-0.1, -0.05) is 30.3 Å². The van der Waals surface area contributed by atoms with Crippen LogP contribution in [0.4, 0.5) is 16.2 Å². The van der Waals surface area contributed by atoms with Gasteiger partial charge in [0.25, 0.3) is 5.56 Å². The number of aromatic hydroxyl groups is 1. The lowest BCUT2D eigenvalue weighted by molar-refractivity contribution is -0.136. The summed E-state index contributed by atoms with van der Waals surface area (Å²) in [4.78, 5) is 38.2. The van der Waals surface area contributed by atoms with Gasteiger partial charge in [0, 0.05) is 25.4 Å². The number of aromatic nitrogens is 1. The molecular weight excluding hydrogens is 422 g/mol. The molecule has 0 aliphatic rings. The number of carboxylic acids is 1. The monoisotopic (exact) mass is 449 g/mol. The number of carbonyl (C=O) groups excluding carboxylic acids is 1. The minimum Gasteiger partial charge on any atom is -0.505 e. The summed E-state index contributed by atoms with van der Waals surface area (Å²) in [6, 6.07) is 12.4. The zero-order valence-corrected chi connectivity index (χ0v) is 19.0. The van der Waals surface area contributed by atoms with Crippen LogP contribution in [0.1, 0.15) is 23.1 Å². The van der Waals surface area contributed by atoms with Crippen LogP contribution in [0.25, 0.3) is 11.1 Å². The van der Waals surface area contributed by atoms with Crippen molar-refractivity contribution in [1.82, 2.24) is 9.88 Å². The Hall–Kier alpha value is -4.07. The Labute approximate surface area is 191 Å². The van der Waals surface area contributed by atoms with E-state index >= 15 is 0 Å². The number of urea groups is 1. The predicted molar refractivity (Wildman–Crippen MR) is 127 cm³/mol. The van der Waals surface area contributed by atoms with Gasteiger partial charge in [-0.2, -0.15) is 0 Å². The number of nitrogens with zero attached hydrogens (tertiary/aromatic N) is 2. The summed E-state index contributed by atoms with van der Waals surface area (Å²) in [6.07, 6.45) is 1.20. The summed E-state index contributed by atoms with van der Waals surface area (Å²) in [5.41, 5.74) is 3.97. The second kappa shape index (κ2) is 9.60. The molecule has 0 aliphatic heterocycles. The summed E-state index contributed by atoms with van der Waals surface area (Å²) < 4.78 is 1.29. The third-order valence-electron chi connectivity index (χ3n) is 5.42. The van der Waals surface area contributed by atoms with E-state index in [-0.39, 0.29) is 24.4 Å². The van der Waals surface area contributed by atoms with Gasteiger partial charge in [0.2, 0.25) is 0 Å². The summed E-state index contributed by atoms with van der Waals surface area (Å²) in [6.45, 7) is 5.49. The van der Waals surface area contributed by atoms with Crippen molar-refractivity contribution in [2.75, 3.05) is 11.4 Å². The fourth-order valence-electron chi connectivity index (χ4n) is 3.84.